The minimum absolute atomic E-state index is 0.373. The zero-order valence-electron chi connectivity index (χ0n) is 21.4. The summed E-state index contributed by atoms with van der Waals surface area (Å²) in [5.41, 5.74) is 4.20. The van der Waals surface area contributed by atoms with Crippen molar-refractivity contribution in [1.82, 2.24) is 25.0 Å². The van der Waals surface area contributed by atoms with Gasteiger partial charge in [0.15, 0.2) is 0 Å². The zero-order valence-corrected chi connectivity index (χ0v) is 21.4. The van der Waals surface area contributed by atoms with Gasteiger partial charge in [-0.3, -0.25) is 14.9 Å². The molecule has 3 aromatic heterocycles. The molecule has 0 saturated carbocycles. The Bertz CT molecular complexity index is 1240. The molecule has 8 nitrogen and oxygen atoms in total. The molecule has 0 amide bonds. The van der Waals surface area contributed by atoms with Crippen LogP contribution in [0.5, 0.6) is 5.75 Å². The quantitative estimate of drug-likeness (QED) is 0.304. The molecule has 8 heteroatoms. The van der Waals surface area contributed by atoms with Crippen LogP contribution in [-0.4, -0.2) is 51.3 Å². The lowest BCUT2D eigenvalue weighted by Crippen LogP contribution is -2.35. The van der Waals surface area contributed by atoms with Crippen LogP contribution in [0.25, 0.3) is 11.4 Å². The van der Waals surface area contributed by atoms with Gasteiger partial charge in [-0.25, -0.2) is 0 Å². The van der Waals surface area contributed by atoms with E-state index in [-0.39, 0.29) is 0 Å². The van der Waals surface area contributed by atoms with E-state index in [9.17, 15) is 0 Å². The van der Waals surface area contributed by atoms with Crippen LogP contribution >= 0.6 is 0 Å². The lowest BCUT2D eigenvalue weighted by atomic mass is 9.85. The maximum absolute atomic E-state index is 5.81. The molecule has 1 aliphatic heterocycles. The molecule has 0 N–H and O–H groups in total. The molecular formula is C29H33N5O3. The number of ether oxygens (including phenoxy) is 2. The molecule has 0 aliphatic carbocycles. The predicted octanol–water partition coefficient (Wildman–Crippen LogP) is 4.92. The highest BCUT2D eigenvalue weighted by Gasteiger charge is 2.18. The summed E-state index contributed by atoms with van der Waals surface area (Å²) in [4.78, 5) is 15.8. The Labute approximate surface area is 217 Å². The van der Waals surface area contributed by atoms with Gasteiger partial charge < -0.3 is 14.0 Å². The molecule has 1 saturated heterocycles. The van der Waals surface area contributed by atoms with Crippen molar-refractivity contribution in [3.63, 3.8) is 0 Å². The van der Waals surface area contributed by atoms with Crippen LogP contribution in [0.1, 0.15) is 42.6 Å². The number of pyridine rings is 2. The molecule has 4 heterocycles. The zero-order chi connectivity index (χ0) is 25.5. The summed E-state index contributed by atoms with van der Waals surface area (Å²) in [6.07, 6.45) is 4.45. The number of nitrogens with zero attached hydrogens (tertiary/aromatic N) is 5. The van der Waals surface area contributed by atoms with Gasteiger partial charge in [-0.1, -0.05) is 49.3 Å². The minimum Gasteiger partial charge on any atom is -0.486 e. The van der Waals surface area contributed by atoms with Crippen LogP contribution < -0.4 is 4.74 Å². The Balaban J connectivity index is 1.13. The van der Waals surface area contributed by atoms with Crippen molar-refractivity contribution in [2.24, 2.45) is 5.92 Å². The van der Waals surface area contributed by atoms with Gasteiger partial charge >= 0.3 is 0 Å². The Hall–Kier alpha value is -3.62. The summed E-state index contributed by atoms with van der Waals surface area (Å²) >= 11 is 0. The average Bonchev–Trinajstić information content (AvgIpc) is 3.42. The minimum atomic E-state index is 0.373. The van der Waals surface area contributed by atoms with Crippen LogP contribution in [0.3, 0.4) is 0 Å². The summed E-state index contributed by atoms with van der Waals surface area (Å²) in [5.74, 6) is 2.82. The second kappa shape index (κ2) is 12.1. The molecule has 1 aliphatic rings. The van der Waals surface area contributed by atoms with E-state index in [1.54, 1.807) is 12.4 Å². The summed E-state index contributed by atoms with van der Waals surface area (Å²) < 4.78 is 16.7. The van der Waals surface area contributed by atoms with Crippen LogP contribution in [0, 0.1) is 5.92 Å². The van der Waals surface area contributed by atoms with Gasteiger partial charge in [0.1, 0.15) is 12.4 Å². The van der Waals surface area contributed by atoms with Crippen molar-refractivity contribution in [1.29, 1.82) is 0 Å². The van der Waals surface area contributed by atoms with Crippen molar-refractivity contribution < 1.29 is 14.0 Å². The van der Waals surface area contributed by atoms with Crippen LogP contribution in [0.15, 0.2) is 71.5 Å². The molecule has 5 rings (SSSR count). The summed E-state index contributed by atoms with van der Waals surface area (Å²) in [6.45, 7) is 8.91. The summed E-state index contributed by atoms with van der Waals surface area (Å²) in [6, 6.07) is 18.3. The van der Waals surface area contributed by atoms with Crippen LogP contribution in [0.4, 0.5) is 0 Å². The third kappa shape index (κ3) is 6.78. The highest BCUT2D eigenvalue weighted by Crippen LogP contribution is 2.28. The van der Waals surface area contributed by atoms with Crippen molar-refractivity contribution in [3.8, 4) is 17.1 Å². The first kappa shape index (κ1) is 25.0. The predicted molar refractivity (Wildman–Crippen MR) is 140 cm³/mol. The monoisotopic (exact) mass is 499 g/mol. The first-order valence-electron chi connectivity index (χ1n) is 12.8. The largest absolute Gasteiger partial charge is 0.486 e. The third-order valence-electron chi connectivity index (χ3n) is 6.92. The van der Waals surface area contributed by atoms with Gasteiger partial charge in [-0.2, -0.15) is 4.98 Å². The Morgan fingerprint density at radius 2 is 1.78 bits per heavy atom. The highest BCUT2D eigenvalue weighted by molar-refractivity contribution is 5.54. The Morgan fingerprint density at radius 1 is 0.946 bits per heavy atom. The van der Waals surface area contributed by atoms with Gasteiger partial charge in [0.05, 0.1) is 31.6 Å². The third-order valence-corrected chi connectivity index (χ3v) is 6.92. The summed E-state index contributed by atoms with van der Waals surface area (Å²) in [5, 5.41) is 4.19. The van der Waals surface area contributed by atoms with E-state index in [1.807, 2.05) is 30.3 Å². The van der Waals surface area contributed by atoms with E-state index >= 15 is 0 Å². The molecule has 37 heavy (non-hydrogen) atoms. The lowest BCUT2D eigenvalue weighted by Gasteiger charge is -2.24. The van der Waals surface area contributed by atoms with Crippen LogP contribution in [-0.2, 0) is 24.3 Å². The molecule has 192 valence electrons. The SMILES string of the molecule is CC(Cc1ccc(OCc2ccccn2)cn1)C(C)c1ccc(-c2noc(CN3CCOCC3)n2)cc1. The Kier molecular flexibility index (Phi) is 8.18. The van der Waals surface area contributed by atoms with Gasteiger partial charge in [-0.05, 0) is 48.1 Å². The van der Waals surface area contributed by atoms with Crippen molar-refractivity contribution >= 4 is 0 Å². The van der Waals surface area contributed by atoms with E-state index in [0.29, 0.717) is 36.7 Å². The van der Waals surface area contributed by atoms with E-state index < -0.39 is 0 Å². The van der Waals surface area contributed by atoms with Crippen molar-refractivity contribution in [2.75, 3.05) is 26.3 Å². The molecule has 2 unspecified atom stereocenters. The lowest BCUT2D eigenvalue weighted by molar-refractivity contribution is 0.0297. The molecule has 4 aromatic rings. The fourth-order valence-electron chi connectivity index (χ4n) is 4.42. The maximum atomic E-state index is 5.81. The average molecular weight is 500 g/mol. The van der Waals surface area contributed by atoms with Gasteiger partial charge in [0.2, 0.25) is 11.7 Å². The fraction of sp³-hybridized carbons (Fsp3) is 0.379. The first-order valence-corrected chi connectivity index (χ1v) is 12.8. The van der Waals surface area contributed by atoms with Gasteiger partial charge in [0, 0.05) is 30.5 Å². The molecule has 1 aromatic carbocycles. The number of aromatic nitrogens is 4. The standard InChI is InChI=1S/C29H33N5O3/c1-21(17-25-10-11-27(18-31-25)36-20-26-5-3-4-12-30-26)22(2)23-6-8-24(9-7-23)29-32-28(37-33-29)19-34-13-15-35-16-14-34/h3-12,18,21-22H,13-17,19-20H2,1-2H3. The van der Waals surface area contributed by atoms with Crippen LogP contribution in [0.2, 0.25) is 0 Å². The van der Waals surface area contributed by atoms with E-state index in [2.05, 4.69) is 63.1 Å². The molecule has 0 bridgehead atoms. The molecule has 2 atom stereocenters. The van der Waals surface area contributed by atoms with E-state index in [1.165, 1.54) is 5.56 Å². The molecular weight excluding hydrogens is 466 g/mol. The number of benzene rings is 1. The second-order valence-corrected chi connectivity index (χ2v) is 9.59. The molecule has 0 radical (unpaired) electrons. The van der Waals surface area contributed by atoms with Crippen molar-refractivity contribution in [3.05, 3.63) is 89.8 Å². The maximum Gasteiger partial charge on any atom is 0.241 e. The van der Waals surface area contributed by atoms with Crippen molar-refractivity contribution in [2.45, 2.75) is 39.3 Å². The molecule has 0 spiro atoms. The van der Waals surface area contributed by atoms with Gasteiger partial charge in [0.25, 0.3) is 0 Å². The second-order valence-electron chi connectivity index (χ2n) is 9.59. The Morgan fingerprint density at radius 3 is 2.51 bits per heavy atom. The number of morpholine rings is 1. The topological polar surface area (TPSA) is 86.4 Å². The smallest absolute Gasteiger partial charge is 0.241 e. The highest BCUT2D eigenvalue weighted by atomic mass is 16.5. The number of hydrogen-bond acceptors (Lipinski definition) is 8. The molecule has 1 fully saturated rings. The summed E-state index contributed by atoms with van der Waals surface area (Å²) in [7, 11) is 0. The van der Waals surface area contributed by atoms with E-state index in [0.717, 1.165) is 55.4 Å². The van der Waals surface area contributed by atoms with E-state index in [4.69, 9.17) is 14.0 Å². The van der Waals surface area contributed by atoms with Gasteiger partial charge in [-0.15, -0.1) is 0 Å². The number of hydrogen-bond donors (Lipinski definition) is 0. The number of rotatable bonds is 10. The first-order chi connectivity index (χ1) is 18.1. The normalized spacial score (nSPS) is 15.8. The fourth-order valence-corrected chi connectivity index (χ4v) is 4.42.